The van der Waals surface area contributed by atoms with E-state index in [1.165, 1.54) is 18.4 Å². The minimum Gasteiger partial charge on any atom is -0.310 e. The van der Waals surface area contributed by atoms with Crippen LogP contribution in [0.15, 0.2) is 24.3 Å². The lowest BCUT2D eigenvalue weighted by atomic mass is 10.1. The van der Waals surface area contributed by atoms with Crippen LogP contribution in [-0.2, 0) is 22.3 Å². The highest BCUT2D eigenvalue weighted by Gasteiger charge is 2.33. The summed E-state index contributed by atoms with van der Waals surface area (Å²) in [4.78, 5) is 0. The van der Waals surface area contributed by atoms with Crippen molar-refractivity contribution in [2.24, 2.45) is 11.8 Å². The van der Waals surface area contributed by atoms with Gasteiger partial charge in [-0.15, -0.1) is 0 Å². The zero-order chi connectivity index (χ0) is 14.9. The van der Waals surface area contributed by atoms with Gasteiger partial charge in [-0.2, -0.15) is 0 Å². The number of sulfonamides is 1. The summed E-state index contributed by atoms with van der Waals surface area (Å²) in [6, 6.07) is 8.57. The summed E-state index contributed by atoms with van der Waals surface area (Å²) >= 11 is 0. The number of rotatable bonds is 8. The highest BCUT2D eigenvalue weighted by molar-refractivity contribution is 7.88. The van der Waals surface area contributed by atoms with Crippen LogP contribution in [0.2, 0.25) is 0 Å². The smallest absolute Gasteiger partial charge is 0.215 e. The van der Waals surface area contributed by atoms with Gasteiger partial charge < -0.3 is 5.32 Å². The molecular formula is C16H24N2O2S. The standard InChI is InChI=1S/C16H24N2O2S/c1-12-8-15(12)10-18-21(19,20)11-14-4-2-13(3-5-14)9-17-16-6-7-16/h2-5,12,15-18H,6-11H2,1H3. The van der Waals surface area contributed by atoms with Gasteiger partial charge in [0.15, 0.2) is 0 Å². The van der Waals surface area contributed by atoms with E-state index in [4.69, 9.17) is 0 Å². The molecule has 0 aromatic heterocycles. The third-order valence-corrected chi connectivity index (χ3v) is 5.71. The Balaban J connectivity index is 1.48. The second kappa shape index (κ2) is 6.07. The van der Waals surface area contributed by atoms with E-state index in [2.05, 4.69) is 17.0 Å². The van der Waals surface area contributed by atoms with E-state index < -0.39 is 10.0 Å². The SMILES string of the molecule is CC1CC1CNS(=O)(=O)Cc1ccc(CNC2CC2)cc1. The molecule has 3 rings (SSSR count). The molecule has 2 aliphatic rings. The predicted molar refractivity (Wildman–Crippen MR) is 84.2 cm³/mol. The van der Waals surface area contributed by atoms with E-state index in [9.17, 15) is 8.42 Å². The molecule has 2 aliphatic carbocycles. The van der Waals surface area contributed by atoms with Crippen molar-refractivity contribution in [3.05, 3.63) is 35.4 Å². The lowest BCUT2D eigenvalue weighted by molar-refractivity contribution is 0.573. The molecule has 2 saturated carbocycles. The zero-order valence-corrected chi connectivity index (χ0v) is 13.3. The first-order chi connectivity index (χ1) is 10.0. The summed E-state index contributed by atoms with van der Waals surface area (Å²) in [7, 11) is -3.21. The van der Waals surface area contributed by atoms with Gasteiger partial charge in [-0.1, -0.05) is 31.2 Å². The molecule has 0 bridgehead atoms. The van der Waals surface area contributed by atoms with Gasteiger partial charge in [-0.05, 0) is 42.2 Å². The molecule has 0 radical (unpaired) electrons. The largest absolute Gasteiger partial charge is 0.310 e. The van der Waals surface area contributed by atoms with E-state index in [0.29, 0.717) is 24.4 Å². The average Bonchev–Trinajstić information content (AvgIpc) is 3.33. The highest BCUT2D eigenvalue weighted by atomic mass is 32.2. The van der Waals surface area contributed by atoms with Crippen molar-refractivity contribution < 1.29 is 8.42 Å². The molecular weight excluding hydrogens is 284 g/mol. The van der Waals surface area contributed by atoms with Crippen molar-refractivity contribution in [1.82, 2.24) is 10.0 Å². The van der Waals surface area contributed by atoms with E-state index in [1.54, 1.807) is 0 Å². The first kappa shape index (κ1) is 15.0. The van der Waals surface area contributed by atoms with Crippen LogP contribution in [0.5, 0.6) is 0 Å². The van der Waals surface area contributed by atoms with E-state index in [0.717, 1.165) is 18.5 Å². The van der Waals surface area contributed by atoms with Gasteiger partial charge in [0.2, 0.25) is 10.0 Å². The lowest BCUT2D eigenvalue weighted by Crippen LogP contribution is -2.27. The molecule has 5 heteroatoms. The van der Waals surface area contributed by atoms with Gasteiger partial charge in [0.25, 0.3) is 0 Å². The number of hydrogen-bond acceptors (Lipinski definition) is 3. The molecule has 2 unspecified atom stereocenters. The Hall–Kier alpha value is -0.910. The molecule has 0 aliphatic heterocycles. The quantitative estimate of drug-likeness (QED) is 0.772. The van der Waals surface area contributed by atoms with Gasteiger partial charge in [-0.25, -0.2) is 13.1 Å². The summed E-state index contributed by atoms with van der Waals surface area (Å²) in [6.45, 7) is 3.62. The second-order valence-electron chi connectivity index (χ2n) is 6.55. The van der Waals surface area contributed by atoms with E-state index in [1.807, 2.05) is 24.3 Å². The van der Waals surface area contributed by atoms with Crippen molar-refractivity contribution in [2.45, 2.75) is 44.5 Å². The first-order valence-electron chi connectivity index (χ1n) is 7.80. The van der Waals surface area contributed by atoms with Gasteiger partial charge in [0, 0.05) is 19.1 Å². The van der Waals surface area contributed by atoms with Crippen molar-refractivity contribution in [3.8, 4) is 0 Å². The molecule has 0 heterocycles. The van der Waals surface area contributed by atoms with Crippen molar-refractivity contribution in [3.63, 3.8) is 0 Å². The molecule has 116 valence electrons. The van der Waals surface area contributed by atoms with Gasteiger partial charge in [0.1, 0.15) is 0 Å². The Bertz CT molecular complexity index is 579. The molecule has 0 spiro atoms. The fraction of sp³-hybridized carbons (Fsp3) is 0.625. The molecule has 1 aromatic rings. The maximum Gasteiger partial charge on any atom is 0.215 e. The number of hydrogen-bond donors (Lipinski definition) is 2. The van der Waals surface area contributed by atoms with Crippen LogP contribution in [0, 0.1) is 11.8 Å². The Kier molecular flexibility index (Phi) is 4.33. The van der Waals surface area contributed by atoms with Crippen LogP contribution in [0.3, 0.4) is 0 Å². The van der Waals surface area contributed by atoms with Crippen molar-refractivity contribution in [2.75, 3.05) is 6.54 Å². The summed E-state index contributed by atoms with van der Waals surface area (Å²) < 4.78 is 26.8. The van der Waals surface area contributed by atoms with Crippen LogP contribution >= 0.6 is 0 Å². The van der Waals surface area contributed by atoms with Gasteiger partial charge >= 0.3 is 0 Å². The normalized spacial score (nSPS) is 25.0. The molecule has 1 aromatic carbocycles. The van der Waals surface area contributed by atoms with Crippen LogP contribution in [-0.4, -0.2) is 21.0 Å². The molecule has 4 nitrogen and oxygen atoms in total. The summed E-state index contributed by atoms with van der Waals surface area (Å²) in [5.41, 5.74) is 2.06. The average molecular weight is 308 g/mol. The Labute approximate surface area is 127 Å². The van der Waals surface area contributed by atoms with Gasteiger partial charge in [-0.3, -0.25) is 0 Å². The van der Waals surface area contributed by atoms with Crippen molar-refractivity contribution >= 4 is 10.0 Å². The molecule has 0 saturated heterocycles. The van der Waals surface area contributed by atoms with Crippen molar-refractivity contribution in [1.29, 1.82) is 0 Å². The molecule has 21 heavy (non-hydrogen) atoms. The summed E-state index contributed by atoms with van der Waals surface area (Å²) in [5, 5.41) is 3.45. The Morgan fingerprint density at radius 3 is 2.33 bits per heavy atom. The summed E-state index contributed by atoms with van der Waals surface area (Å²) in [6.07, 6.45) is 3.70. The molecule has 2 fully saturated rings. The third-order valence-electron chi connectivity index (χ3n) is 4.39. The van der Waals surface area contributed by atoms with Crippen LogP contribution < -0.4 is 10.0 Å². The third kappa shape index (κ3) is 4.80. The second-order valence-corrected chi connectivity index (χ2v) is 8.36. The van der Waals surface area contributed by atoms with Crippen LogP contribution in [0.1, 0.15) is 37.3 Å². The highest BCUT2D eigenvalue weighted by Crippen LogP contribution is 2.36. The number of benzene rings is 1. The fourth-order valence-corrected chi connectivity index (χ4v) is 3.69. The molecule has 0 amide bonds. The monoisotopic (exact) mass is 308 g/mol. The zero-order valence-electron chi connectivity index (χ0n) is 12.5. The summed E-state index contributed by atoms with van der Waals surface area (Å²) in [5.74, 6) is 1.28. The van der Waals surface area contributed by atoms with E-state index >= 15 is 0 Å². The maximum absolute atomic E-state index is 12.0. The minimum atomic E-state index is -3.21. The fourth-order valence-electron chi connectivity index (χ4n) is 2.49. The van der Waals surface area contributed by atoms with Crippen LogP contribution in [0.4, 0.5) is 0 Å². The Morgan fingerprint density at radius 1 is 1.14 bits per heavy atom. The topological polar surface area (TPSA) is 58.2 Å². The van der Waals surface area contributed by atoms with Crippen LogP contribution in [0.25, 0.3) is 0 Å². The number of nitrogens with one attached hydrogen (secondary N) is 2. The Morgan fingerprint density at radius 2 is 1.76 bits per heavy atom. The minimum absolute atomic E-state index is 0.0738. The molecule has 2 N–H and O–H groups in total. The van der Waals surface area contributed by atoms with E-state index in [-0.39, 0.29) is 5.75 Å². The maximum atomic E-state index is 12.0. The lowest BCUT2D eigenvalue weighted by Gasteiger charge is -2.08. The van der Waals surface area contributed by atoms with Gasteiger partial charge in [0.05, 0.1) is 5.75 Å². The first-order valence-corrected chi connectivity index (χ1v) is 9.45. The predicted octanol–water partition coefficient (Wildman–Crippen LogP) is 2.01. The molecule has 2 atom stereocenters.